The fourth-order valence-corrected chi connectivity index (χ4v) is 5.07. The van der Waals surface area contributed by atoms with Crippen molar-refractivity contribution in [1.82, 2.24) is 9.97 Å². The lowest BCUT2D eigenvalue weighted by Crippen LogP contribution is -2.00. The van der Waals surface area contributed by atoms with Crippen molar-refractivity contribution in [3.05, 3.63) is 72.1 Å². The van der Waals surface area contributed by atoms with Gasteiger partial charge in [-0.3, -0.25) is 0 Å². The Morgan fingerprint density at radius 2 is 1.87 bits per heavy atom. The van der Waals surface area contributed by atoms with Gasteiger partial charge in [-0.15, -0.1) is 23.1 Å². The number of carboxylic acids is 1. The predicted octanol–water partition coefficient (Wildman–Crippen LogP) is 5.93. The van der Waals surface area contributed by atoms with E-state index < -0.39 is 5.97 Å². The summed E-state index contributed by atoms with van der Waals surface area (Å²) in [5, 5.41) is 11.0. The minimum absolute atomic E-state index is 0.256. The fourth-order valence-electron chi connectivity index (χ4n) is 2.96. The molecule has 5 nitrogen and oxygen atoms in total. The average molecular weight is 437 g/mol. The third-order valence-electron chi connectivity index (χ3n) is 4.43. The smallest absolute Gasteiger partial charge is 0.335 e. The number of carbonyl (C=O) groups is 1. The number of rotatable bonds is 8. The molecule has 0 saturated heterocycles. The van der Waals surface area contributed by atoms with Crippen LogP contribution in [-0.2, 0) is 0 Å². The first kappa shape index (κ1) is 20.4. The SMILES string of the molecule is Cc1nc(SCCCOc2ccc(C(=O)O)cc2)c2cc(-c3ccccc3)sc2n1. The van der Waals surface area contributed by atoms with E-state index in [1.165, 1.54) is 10.4 Å². The Bertz CT molecular complexity index is 1160. The van der Waals surface area contributed by atoms with E-state index in [9.17, 15) is 4.79 Å². The van der Waals surface area contributed by atoms with Crippen LogP contribution < -0.4 is 4.74 Å². The second kappa shape index (κ2) is 9.28. The molecule has 0 atom stereocenters. The predicted molar refractivity (Wildman–Crippen MR) is 122 cm³/mol. The van der Waals surface area contributed by atoms with Gasteiger partial charge in [0, 0.05) is 16.0 Å². The number of aryl methyl sites for hydroxylation is 1. The third kappa shape index (κ3) is 4.80. The minimum Gasteiger partial charge on any atom is -0.494 e. The molecule has 2 heterocycles. The van der Waals surface area contributed by atoms with E-state index >= 15 is 0 Å². The number of thiophene rings is 1. The maximum absolute atomic E-state index is 10.9. The highest BCUT2D eigenvalue weighted by Crippen LogP contribution is 2.36. The van der Waals surface area contributed by atoms with Gasteiger partial charge < -0.3 is 9.84 Å². The van der Waals surface area contributed by atoms with Gasteiger partial charge in [-0.1, -0.05) is 30.3 Å². The Morgan fingerprint density at radius 3 is 2.60 bits per heavy atom. The molecule has 4 aromatic rings. The van der Waals surface area contributed by atoms with Crippen molar-refractivity contribution >= 4 is 39.3 Å². The summed E-state index contributed by atoms with van der Waals surface area (Å²) in [5.41, 5.74) is 1.45. The summed E-state index contributed by atoms with van der Waals surface area (Å²) in [7, 11) is 0. The number of hydrogen-bond donors (Lipinski definition) is 1. The van der Waals surface area contributed by atoms with Crippen LogP contribution in [0, 0.1) is 6.92 Å². The number of fused-ring (bicyclic) bond motifs is 1. The topological polar surface area (TPSA) is 72.3 Å². The molecule has 1 N–H and O–H groups in total. The van der Waals surface area contributed by atoms with Crippen molar-refractivity contribution < 1.29 is 14.6 Å². The van der Waals surface area contributed by atoms with Gasteiger partial charge in [-0.25, -0.2) is 14.8 Å². The van der Waals surface area contributed by atoms with Crippen LogP contribution in [0.1, 0.15) is 22.6 Å². The zero-order chi connectivity index (χ0) is 20.9. The zero-order valence-corrected chi connectivity index (χ0v) is 18.0. The molecule has 0 aliphatic carbocycles. The van der Waals surface area contributed by atoms with Crippen LogP contribution in [0.25, 0.3) is 20.7 Å². The normalized spacial score (nSPS) is 11.0. The van der Waals surface area contributed by atoms with Gasteiger partial charge in [-0.05, 0) is 49.2 Å². The molecule has 0 amide bonds. The van der Waals surface area contributed by atoms with Crippen LogP contribution >= 0.6 is 23.1 Å². The van der Waals surface area contributed by atoms with E-state index in [0.717, 1.165) is 33.2 Å². The second-order valence-corrected chi connectivity index (χ2v) is 8.77. The highest BCUT2D eigenvalue weighted by molar-refractivity contribution is 7.99. The summed E-state index contributed by atoms with van der Waals surface area (Å²) in [5.74, 6) is 1.39. The van der Waals surface area contributed by atoms with Gasteiger partial charge in [0.05, 0.1) is 12.2 Å². The summed E-state index contributed by atoms with van der Waals surface area (Å²) in [6.45, 7) is 2.49. The van der Waals surface area contributed by atoms with E-state index in [0.29, 0.717) is 12.4 Å². The van der Waals surface area contributed by atoms with Crippen LogP contribution in [0.2, 0.25) is 0 Å². The molecule has 30 heavy (non-hydrogen) atoms. The van der Waals surface area contributed by atoms with Crippen molar-refractivity contribution in [2.24, 2.45) is 0 Å². The number of aromatic nitrogens is 2. The molecule has 0 spiro atoms. The molecule has 0 aliphatic rings. The number of ether oxygens (including phenoxy) is 1. The molecule has 4 rings (SSSR count). The third-order valence-corrected chi connectivity index (χ3v) is 6.58. The van der Waals surface area contributed by atoms with Crippen LogP contribution in [0.15, 0.2) is 65.7 Å². The molecule has 7 heteroatoms. The molecule has 0 unspecified atom stereocenters. The molecule has 2 aromatic carbocycles. The first-order valence-electron chi connectivity index (χ1n) is 9.53. The number of benzene rings is 2. The van der Waals surface area contributed by atoms with Crippen LogP contribution in [-0.4, -0.2) is 33.4 Å². The van der Waals surface area contributed by atoms with Gasteiger partial charge >= 0.3 is 5.97 Å². The molecular weight excluding hydrogens is 416 g/mol. The quantitative estimate of drug-likeness (QED) is 0.210. The minimum atomic E-state index is -0.937. The van der Waals surface area contributed by atoms with Gasteiger partial charge in [0.15, 0.2) is 0 Å². The number of hydrogen-bond acceptors (Lipinski definition) is 6. The average Bonchev–Trinajstić information content (AvgIpc) is 3.18. The maximum atomic E-state index is 10.9. The number of thioether (sulfide) groups is 1. The van der Waals surface area contributed by atoms with Crippen molar-refractivity contribution in [3.63, 3.8) is 0 Å². The van der Waals surface area contributed by atoms with Gasteiger partial charge in [-0.2, -0.15) is 0 Å². The van der Waals surface area contributed by atoms with Crippen LogP contribution in [0.5, 0.6) is 5.75 Å². The van der Waals surface area contributed by atoms with Crippen molar-refractivity contribution in [2.75, 3.05) is 12.4 Å². The Balaban J connectivity index is 1.37. The van der Waals surface area contributed by atoms with E-state index in [1.807, 2.05) is 25.1 Å². The lowest BCUT2D eigenvalue weighted by atomic mass is 10.2. The Kier molecular flexibility index (Phi) is 6.30. The number of aromatic carboxylic acids is 1. The Hall–Kier alpha value is -2.90. The Morgan fingerprint density at radius 1 is 1.10 bits per heavy atom. The van der Waals surface area contributed by atoms with Gasteiger partial charge in [0.25, 0.3) is 0 Å². The Labute approximate surface area is 182 Å². The molecule has 0 radical (unpaired) electrons. The summed E-state index contributed by atoms with van der Waals surface area (Å²) >= 11 is 3.40. The number of carboxylic acid groups (broad SMARTS) is 1. The van der Waals surface area contributed by atoms with Gasteiger partial charge in [0.1, 0.15) is 21.4 Å². The molecular formula is C23H20N2O3S2. The van der Waals surface area contributed by atoms with Gasteiger partial charge in [0.2, 0.25) is 0 Å². The molecule has 2 aromatic heterocycles. The molecule has 0 fully saturated rings. The molecule has 0 bridgehead atoms. The molecule has 0 aliphatic heterocycles. The second-order valence-electron chi connectivity index (χ2n) is 6.65. The lowest BCUT2D eigenvalue weighted by Gasteiger charge is -2.07. The van der Waals surface area contributed by atoms with E-state index in [1.54, 1.807) is 47.4 Å². The van der Waals surface area contributed by atoms with E-state index in [4.69, 9.17) is 9.84 Å². The van der Waals surface area contributed by atoms with Crippen molar-refractivity contribution in [2.45, 2.75) is 18.4 Å². The summed E-state index contributed by atoms with van der Waals surface area (Å²) in [6, 6.07) is 19.0. The standard InChI is InChI=1S/C23H20N2O3S2/c1-15-24-21(19-14-20(30-22(19)25-15)16-6-3-2-4-7-16)29-13-5-12-28-18-10-8-17(9-11-18)23(26)27/h2-4,6-11,14H,5,12-13H2,1H3,(H,26,27). The van der Waals surface area contributed by atoms with E-state index in [2.05, 4.69) is 28.2 Å². The molecule has 152 valence electrons. The monoisotopic (exact) mass is 436 g/mol. The molecule has 0 saturated carbocycles. The number of nitrogens with zero attached hydrogens (tertiary/aromatic N) is 2. The van der Waals surface area contributed by atoms with Crippen LogP contribution in [0.4, 0.5) is 0 Å². The first-order chi connectivity index (χ1) is 14.6. The van der Waals surface area contributed by atoms with E-state index in [-0.39, 0.29) is 5.56 Å². The van der Waals surface area contributed by atoms with Crippen molar-refractivity contribution in [1.29, 1.82) is 0 Å². The summed E-state index contributed by atoms with van der Waals surface area (Å²) in [4.78, 5) is 22.4. The maximum Gasteiger partial charge on any atom is 0.335 e. The highest BCUT2D eigenvalue weighted by Gasteiger charge is 2.12. The van der Waals surface area contributed by atoms with Crippen LogP contribution in [0.3, 0.4) is 0 Å². The fraction of sp³-hybridized carbons (Fsp3) is 0.174. The lowest BCUT2D eigenvalue weighted by molar-refractivity contribution is 0.0697. The summed E-state index contributed by atoms with van der Waals surface area (Å²) in [6.07, 6.45) is 0.853. The first-order valence-corrected chi connectivity index (χ1v) is 11.3. The summed E-state index contributed by atoms with van der Waals surface area (Å²) < 4.78 is 5.71. The highest BCUT2D eigenvalue weighted by atomic mass is 32.2. The van der Waals surface area contributed by atoms with Crippen molar-refractivity contribution in [3.8, 4) is 16.2 Å². The largest absolute Gasteiger partial charge is 0.494 e. The zero-order valence-electron chi connectivity index (χ0n) is 16.4.